The van der Waals surface area contributed by atoms with Crippen LogP contribution < -0.4 is 0 Å². The van der Waals surface area contributed by atoms with Gasteiger partial charge in [0.15, 0.2) is 11.6 Å². The number of fused-ring (bicyclic) bond motifs is 6. The number of carbonyl (C=O) groups excluding carboxylic acids is 2. The van der Waals surface area contributed by atoms with Gasteiger partial charge in [-0.15, -0.1) is 174 Å². The van der Waals surface area contributed by atoms with E-state index in [1.807, 2.05) is 49.1 Å². The number of pyridine rings is 5. The number of aryl methyl sites for hydroxylation is 6. The second-order valence-electron chi connectivity index (χ2n) is 38.8. The summed E-state index contributed by atoms with van der Waals surface area (Å²) >= 11 is 0. The van der Waals surface area contributed by atoms with E-state index in [0.717, 1.165) is 33.9 Å². The van der Waals surface area contributed by atoms with Gasteiger partial charge >= 0.3 is 0 Å². The van der Waals surface area contributed by atoms with Gasteiger partial charge in [-0.25, -0.2) is 0 Å². The number of nitrogens with zero attached hydrogens (tertiary/aromatic N) is 5. The molecule has 0 bridgehead atoms. The third-order valence-corrected chi connectivity index (χ3v) is 27.6. The molecule has 5 heterocycles. The van der Waals surface area contributed by atoms with E-state index in [2.05, 4.69) is 195 Å². The maximum Gasteiger partial charge on any atom is 0.155 e. The number of aromatic nitrogens is 5. The number of aliphatic hydroxyl groups excluding tert-OH is 2. The second kappa shape index (κ2) is 73.2. The average Bonchev–Trinajstić information content (AvgIpc) is 0.805. The number of hydrogen-bond acceptors (Lipinski definition) is 9. The normalized spacial score (nSPS) is 13.0. The van der Waals surface area contributed by atoms with E-state index < -0.39 is 0 Å². The van der Waals surface area contributed by atoms with Gasteiger partial charge in [0.1, 0.15) is 0 Å². The largest absolute Gasteiger partial charge is 0.512 e. The van der Waals surface area contributed by atoms with Gasteiger partial charge in [0, 0.05) is 146 Å². The SMILES string of the molecule is CC(=O)C=C(C)O.CC(=O)C=C(C)O.CCCCCCCCc1c[c-]c(-c2cc3ccccc3cn2)c2c1CCCC2.CCCCCCCCc1c[c-]c(-c2ccccn2)c2c1CCCC2.CCCCCCCCc1c[c-]c(-c2ccccn2)c2c1CCCC2.CCCCCCCCc1cnc(-c2[c-]cccc2)c2c1CCCC2.CCCCCCc1c[c-]c(-c2nccc3c2CCCC3)cc1.[Ir].[Ir].[Ir].[Pt].[Pt]. The fraction of sp³-hybridized carbons (Fsp3) is 0.488. The molecule has 3 radical (unpaired) electrons. The van der Waals surface area contributed by atoms with Gasteiger partial charge in [0.25, 0.3) is 0 Å². The molecule has 0 aliphatic heterocycles. The maximum absolute atomic E-state index is 10.0. The fourth-order valence-corrected chi connectivity index (χ4v) is 20.4. The standard InChI is InChI=1S/C27H32N.3C23H30N.C21H26N.2C5H8O2.3Ir.2Pt/c1-2-3-4-5-6-7-12-21-17-18-26(25-16-11-10-15-24(21)25)27-19-22-13-8-9-14-23(22)20-28-27;1-2-3-4-5-6-8-15-20-18-24-23(19-13-9-7-10-14-19)22-17-12-11-16-21(20)22;2*1-2-3-4-5-6-7-12-19-16-17-22(23-15-10-11-18-24-23)21-14-9-8-13-20(19)21;1-2-3-4-5-8-17-11-13-19(14-12-17)21-20-10-7-6-9-18(20)15-16-22-21;2*1-4(6)3-5(2)7;;;;;/h8-9,13-14,17,19-20H,2-7,10-12,15-16H2,1H3;7,9-10,13,18H,2-6,8,11-12,15-17H2,1H3;2*10-11,15-16,18H,2-9,12-14H2,1H3;11-13,15-16H,2-10H2,1H3;2*3,6H,1-2H3;;;;;/q5*-1;;;;;;;. The van der Waals surface area contributed by atoms with Gasteiger partial charge in [-0.1, -0.05) is 363 Å². The molecule has 773 valence electrons. The first-order chi connectivity index (χ1) is 66.7. The predicted molar refractivity (Wildman–Crippen MR) is 574 cm³/mol. The molecule has 0 spiro atoms. The van der Waals surface area contributed by atoms with Crippen molar-refractivity contribution in [2.75, 3.05) is 0 Å². The molecule has 0 amide bonds. The number of carbonyl (C=O) groups is 2. The van der Waals surface area contributed by atoms with E-state index in [1.165, 1.54) is 458 Å². The molecular formula is C127H164Ir3N5O4Pt2-5. The Bertz CT molecular complexity index is 5100. The van der Waals surface area contributed by atoms with Crippen LogP contribution in [0.3, 0.4) is 0 Å². The Morgan fingerprint density at radius 2 is 0.667 bits per heavy atom. The van der Waals surface area contributed by atoms with Gasteiger partial charge < -0.3 is 35.1 Å². The van der Waals surface area contributed by atoms with Crippen molar-refractivity contribution in [1.29, 1.82) is 0 Å². The molecule has 0 unspecified atom stereocenters. The molecule has 0 saturated heterocycles. The zero-order chi connectivity index (χ0) is 96.0. The Morgan fingerprint density at radius 1 is 0.305 bits per heavy atom. The van der Waals surface area contributed by atoms with E-state index in [9.17, 15) is 9.59 Å². The van der Waals surface area contributed by atoms with Crippen LogP contribution in [0.2, 0.25) is 0 Å². The van der Waals surface area contributed by atoms with Crippen molar-refractivity contribution >= 4 is 22.3 Å². The van der Waals surface area contributed by atoms with Gasteiger partial charge in [-0.05, 0) is 180 Å². The minimum absolute atomic E-state index is 0. The number of allylic oxidation sites excluding steroid dienone is 4. The first-order valence-corrected chi connectivity index (χ1v) is 53.7. The second-order valence-corrected chi connectivity index (χ2v) is 38.8. The molecule has 5 aliphatic carbocycles. The predicted octanol–water partition coefficient (Wildman–Crippen LogP) is 34.1. The molecule has 16 rings (SSSR count). The molecule has 11 aromatic rings. The minimum atomic E-state index is -0.125. The van der Waals surface area contributed by atoms with E-state index in [-0.39, 0.29) is 126 Å². The maximum atomic E-state index is 10.0. The van der Waals surface area contributed by atoms with E-state index in [0.29, 0.717) is 0 Å². The molecule has 141 heavy (non-hydrogen) atoms. The van der Waals surface area contributed by atoms with Crippen LogP contribution in [0, 0.1) is 30.3 Å². The van der Waals surface area contributed by atoms with Crippen molar-refractivity contribution in [2.24, 2.45) is 0 Å². The summed E-state index contributed by atoms with van der Waals surface area (Å²) in [4.78, 5) is 43.4. The van der Waals surface area contributed by atoms with Crippen LogP contribution in [0.15, 0.2) is 188 Å². The van der Waals surface area contributed by atoms with Crippen molar-refractivity contribution in [3.63, 3.8) is 0 Å². The summed E-state index contributed by atoms with van der Waals surface area (Å²) in [6.07, 6.45) is 81.6. The third-order valence-electron chi connectivity index (χ3n) is 27.6. The smallest absolute Gasteiger partial charge is 0.155 e. The van der Waals surface area contributed by atoms with Crippen molar-refractivity contribution in [3.05, 3.63) is 302 Å². The molecule has 0 fully saturated rings. The molecular weight excluding hydrogens is 2630 g/mol. The number of ketones is 2. The van der Waals surface area contributed by atoms with Crippen LogP contribution in [0.4, 0.5) is 0 Å². The molecule has 0 atom stereocenters. The fourth-order valence-electron chi connectivity index (χ4n) is 20.4. The Kier molecular flexibility index (Phi) is 64.7. The third kappa shape index (κ3) is 43.2. The van der Waals surface area contributed by atoms with Crippen molar-refractivity contribution in [3.8, 4) is 56.3 Å². The molecule has 9 nitrogen and oxygen atoms in total. The monoisotopic (exact) mass is 2790 g/mol. The summed E-state index contributed by atoms with van der Waals surface area (Å²) in [5.41, 5.74) is 34.7. The van der Waals surface area contributed by atoms with Gasteiger partial charge in [-0.2, -0.15) is 0 Å². The van der Waals surface area contributed by atoms with E-state index >= 15 is 0 Å². The van der Waals surface area contributed by atoms with Crippen molar-refractivity contribution in [2.45, 2.75) is 403 Å². The zero-order valence-electron chi connectivity index (χ0n) is 86.8. The average molecular weight is 2790 g/mol. The molecule has 0 saturated carbocycles. The molecule has 14 heteroatoms. The Hall–Kier alpha value is -6.93. The summed E-state index contributed by atoms with van der Waals surface area (Å²) in [6, 6.07) is 64.7. The van der Waals surface area contributed by atoms with Crippen molar-refractivity contribution in [1.82, 2.24) is 24.9 Å². The van der Waals surface area contributed by atoms with Gasteiger partial charge in [-0.3, -0.25) is 9.59 Å². The molecule has 5 aromatic heterocycles. The Labute approximate surface area is 921 Å². The van der Waals surface area contributed by atoms with Gasteiger partial charge in [0.2, 0.25) is 0 Å². The minimum Gasteiger partial charge on any atom is -0.512 e. The first kappa shape index (κ1) is 125. The first-order valence-electron chi connectivity index (χ1n) is 53.7. The van der Waals surface area contributed by atoms with Crippen LogP contribution in [0.1, 0.15) is 390 Å². The van der Waals surface area contributed by atoms with Crippen LogP contribution in [0.25, 0.3) is 67.1 Å². The summed E-state index contributed by atoms with van der Waals surface area (Å²) in [5.74, 6) is -0.125. The molecule has 6 aromatic carbocycles. The topological polar surface area (TPSA) is 139 Å². The molecule has 5 aliphatic rings. The van der Waals surface area contributed by atoms with Crippen LogP contribution in [-0.4, -0.2) is 46.7 Å². The van der Waals surface area contributed by atoms with Crippen molar-refractivity contribution < 1.29 is 122 Å². The summed E-state index contributed by atoms with van der Waals surface area (Å²) < 4.78 is 0. The summed E-state index contributed by atoms with van der Waals surface area (Å²) in [5, 5.41) is 19.2. The molecule has 2 N–H and O–H groups in total. The zero-order valence-corrected chi connectivity index (χ0v) is 98.5. The number of aliphatic hydroxyl groups is 2. The summed E-state index contributed by atoms with van der Waals surface area (Å²) in [6.45, 7) is 17.1. The Balaban J connectivity index is 0.000000298. The number of rotatable bonds is 40. The number of hydrogen-bond donors (Lipinski definition) is 2. The van der Waals surface area contributed by atoms with Gasteiger partial charge in [0.05, 0.1) is 11.5 Å². The van der Waals surface area contributed by atoms with Crippen LogP contribution >= 0.6 is 0 Å². The number of benzene rings is 6. The van der Waals surface area contributed by atoms with E-state index in [4.69, 9.17) is 20.2 Å². The number of unbranched alkanes of at least 4 members (excludes halogenated alkanes) is 23. The van der Waals surface area contributed by atoms with Crippen LogP contribution in [0.5, 0.6) is 0 Å². The summed E-state index contributed by atoms with van der Waals surface area (Å²) in [7, 11) is 0. The van der Waals surface area contributed by atoms with Crippen LogP contribution in [-0.2, 0) is 208 Å². The quantitative estimate of drug-likeness (QED) is 0.0166. The van der Waals surface area contributed by atoms with E-state index in [1.54, 1.807) is 38.9 Å². The Morgan fingerprint density at radius 3 is 1.07 bits per heavy atom.